The lowest BCUT2D eigenvalue weighted by Crippen LogP contribution is -2.27. The zero-order chi connectivity index (χ0) is 19.7. The second-order valence-corrected chi connectivity index (χ2v) is 5.03. The normalized spacial score (nSPS) is 12.5. The van der Waals surface area contributed by atoms with Gasteiger partial charge in [0.1, 0.15) is 5.69 Å². The Labute approximate surface area is 150 Å². The highest BCUT2D eigenvalue weighted by atomic mass is 16.6. The molecule has 9 nitrogen and oxygen atoms in total. The molecule has 0 radical (unpaired) electrons. The molecule has 0 bridgehead atoms. The average Bonchev–Trinajstić information content (AvgIpc) is 2.62. The smallest absolute Gasteiger partial charge is 0.357 e. The predicted molar refractivity (Wildman–Crippen MR) is 87.3 cm³/mol. The van der Waals surface area contributed by atoms with E-state index in [9.17, 15) is 19.2 Å². The molecule has 2 atom stereocenters. The standard InChI is InChI=1S/C17H21NO8/c1-5-23-14(19)10(3)25-16(21)12-7-8-13(18-9-12)17(22)26-11(4)15(20)24-6-2/h7-11H,5-6H2,1-4H3/t10-,11-/m0/s1. The zero-order valence-corrected chi connectivity index (χ0v) is 15.0. The zero-order valence-electron chi connectivity index (χ0n) is 15.0. The first-order chi connectivity index (χ1) is 12.3. The number of ether oxygens (including phenoxy) is 4. The Balaban J connectivity index is 2.67. The number of nitrogens with zero attached hydrogens (tertiary/aromatic N) is 1. The van der Waals surface area contributed by atoms with Gasteiger partial charge < -0.3 is 18.9 Å². The van der Waals surface area contributed by atoms with E-state index in [2.05, 4.69) is 4.98 Å². The molecule has 0 saturated heterocycles. The Bertz CT molecular complexity index is 598. The first-order valence-electron chi connectivity index (χ1n) is 8.01. The highest BCUT2D eigenvalue weighted by molar-refractivity contribution is 5.93. The van der Waals surface area contributed by atoms with Crippen LogP contribution in [0, 0.1) is 0 Å². The minimum absolute atomic E-state index is 0.0381. The molecule has 1 aromatic rings. The number of pyridine rings is 1. The SMILES string of the molecule is CCOC(=O)[C@H](C)OC(=O)c1ccc(C(=O)O[C@@H](C)C(=O)OCC)nc1. The summed E-state index contributed by atoms with van der Waals surface area (Å²) in [5.74, 6) is -2.97. The van der Waals surface area contributed by atoms with Crippen LogP contribution in [0.3, 0.4) is 0 Å². The van der Waals surface area contributed by atoms with E-state index in [4.69, 9.17) is 18.9 Å². The van der Waals surface area contributed by atoms with Gasteiger partial charge >= 0.3 is 23.9 Å². The van der Waals surface area contributed by atoms with Crippen LogP contribution in [0.5, 0.6) is 0 Å². The summed E-state index contributed by atoms with van der Waals surface area (Å²) in [6, 6.07) is 2.53. The fraction of sp³-hybridized carbons (Fsp3) is 0.471. The van der Waals surface area contributed by atoms with E-state index in [1.165, 1.54) is 26.0 Å². The maximum absolute atomic E-state index is 11.9. The van der Waals surface area contributed by atoms with Crippen molar-refractivity contribution in [1.29, 1.82) is 0 Å². The third kappa shape index (κ3) is 6.15. The van der Waals surface area contributed by atoms with Gasteiger partial charge in [-0.3, -0.25) is 0 Å². The number of hydrogen-bond acceptors (Lipinski definition) is 9. The molecule has 142 valence electrons. The Kier molecular flexibility index (Phi) is 8.20. The summed E-state index contributed by atoms with van der Waals surface area (Å²) in [7, 11) is 0. The third-order valence-corrected chi connectivity index (χ3v) is 3.01. The van der Waals surface area contributed by atoms with E-state index in [1.807, 2.05) is 0 Å². The van der Waals surface area contributed by atoms with Gasteiger partial charge in [0, 0.05) is 6.20 Å². The highest BCUT2D eigenvalue weighted by Gasteiger charge is 2.22. The second kappa shape index (κ2) is 10.1. The quantitative estimate of drug-likeness (QED) is 0.495. The van der Waals surface area contributed by atoms with E-state index in [0.29, 0.717) is 0 Å². The molecule has 1 heterocycles. The van der Waals surface area contributed by atoms with Gasteiger partial charge in [0.25, 0.3) is 0 Å². The van der Waals surface area contributed by atoms with Gasteiger partial charge in [-0.25, -0.2) is 24.2 Å². The molecule has 0 unspecified atom stereocenters. The highest BCUT2D eigenvalue weighted by Crippen LogP contribution is 2.08. The van der Waals surface area contributed by atoms with Crippen molar-refractivity contribution >= 4 is 23.9 Å². The molecule has 0 saturated carbocycles. The number of carbonyl (C=O) groups excluding carboxylic acids is 4. The van der Waals surface area contributed by atoms with E-state index < -0.39 is 36.1 Å². The third-order valence-electron chi connectivity index (χ3n) is 3.01. The first-order valence-corrected chi connectivity index (χ1v) is 8.01. The van der Waals surface area contributed by atoms with Crippen LogP contribution in [0.25, 0.3) is 0 Å². The van der Waals surface area contributed by atoms with Crippen LogP contribution < -0.4 is 0 Å². The van der Waals surface area contributed by atoms with Gasteiger partial charge in [-0.1, -0.05) is 0 Å². The average molecular weight is 367 g/mol. The van der Waals surface area contributed by atoms with Crippen molar-refractivity contribution in [3.63, 3.8) is 0 Å². The Morgan fingerprint density at radius 3 is 1.81 bits per heavy atom. The summed E-state index contributed by atoms with van der Waals surface area (Å²) in [6.45, 7) is 6.36. The number of esters is 4. The minimum Gasteiger partial charge on any atom is -0.463 e. The summed E-state index contributed by atoms with van der Waals surface area (Å²) < 4.78 is 19.3. The summed E-state index contributed by atoms with van der Waals surface area (Å²) in [4.78, 5) is 50.5. The van der Waals surface area contributed by atoms with Crippen molar-refractivity contribution < 1.29 is 38.1 Å². The number of rotatable bonds is 8. The largest absolute Gasteiger partial charge is 0.463 e. The molecule has 0 spiro atoms. The van der Waals surface area contributed by atoms with Gasteiger partial charge in [-0.2, -0.15) is 0 Å². The van der Waals surface area contributed by atoms with Crippen molar-refractivity contribution in [2.45, 2.75) is 39.9 Å². The summed E-state index contributed by atoms with van der Waals surface area (Å²) in [6.07, 6.45) is -1.05. The molecule has 0 fully saturated rings. The molecule has 0 N–H and O–H groups in total. The lowest BCUT2D eigenvalue weighted by molar-refractivity contribution is -0.153. The van der Waals surface area contributed by atoms with Crippen molar-refractivity contribution in [3.05, 3.63) is 29.6 Å². The number of carbonyl (C=O) groups is 4. The van der Waals surface area contributed by atoms with Crippen molar-refractivity contribution in [3.8, 4) is 0 Å². The molecule has 0 amide bonds. The molecule has 1 rings (SSSR count). The summed E-state index contributed by atoms with van der Waals surface area (Å²) >= 11 is 0. The molecule has 1 aromatic heterocycles. The van der Waals surface area contributed by atoms with Gasteiger partial charge in [-0.05, 0) is 39.8 Å². The fourth-order valence-corrected chi connectivity index (χ4v) is 1.70. The van der Waals surface area contributed by atoms with Crippen LogP contribution in [0.15, 0.2) is 18.3 Å². The predicted octanol–water partition coefficient (Wildman–Crippen LogP) is 1.30. The molecule has 9 heteroatoms. The van der Waals surface area contributed by atoms with Gasteiger partial charge in [0.15, 0.2) is 12.2 Å². The molecule has 0 aliphatic heterocycles. The maximum Gasteiger partial charge on any atom is 0.357 e. The van der Waals surface area contributed by atoms with Gasteiger partial charge in [0.2, 0.25) is 0 Å². The molecule has 0 aromatic carbocycles. The number of hydrogen-bond donors (Lipinski definition) is 0. The molecule has 0 aliphatic carbocycles. The monoisotopic (exact) mass is 367 g/mol. The maximum atomic E-state index is 11.9. The van der Waals surface area contributed by atoms with Gasteiger partial charge in [-0.15, -0.1) is 0 Å². The van der Waals surface area contributed by atoms with Crippen LogP contribution in [-0.4, -0.2) is 54.3 Å². The van der Waals surface area contributed by atoms with Crippen LogP contribution >= 0.6 is 0 Å². The fourth-order valence-electron chi connectivity index (χ4n) is 1.70. The van der Waals surface area contributed by atoms with E-state index in [0.717, 1.165) is 6.20 Å². The summed E-state index contributed by atoms with van der Waals surface area (Å²) in [5, 5.41) is 0. The van der Waals surface area contributed by atoms with Crippen molar-refractivity contribution in [1.82, 2.24) is 4.98 Å². The first kappa shape index (κ1) is 21.1. The van der Waals surface area contributed by atoms with Crippen LogP contribution in [0.2, 0.25) is 0 Å². The molecule has 0 aliphatic rings. The Morgan fingerprint density at radius 1 is 0.885 bits per heavy atom. The van der Waals surface area contributed by atoms with Crippen molar-refractivity contribution in [2.75, 3.05) is 13.2 Å². The summed E-state index contributed by atoms with van der Waals surface area (Å²) in [5.41, 5.74) is -0.0627. The lowest BCUT2D eigenvalue weighted by atomic mass is 10.2. The van der Waals surface area contributed by atoms with E-state index >= 15 is 0 Å². The Hall–Kier alpha value is -2.97. The number of aromatic nitrogens is 1. The molecular formula is C17H21NO8. The topological polar surface area (TPSA) is 118 Å². The second-order valence-electron chi connectivity index (χ2n) is 5.03. The van der Waals surface area contributed by atoms with Crippen LogP contribution in [0.4, 0.5) is 0 Å². The lowest BCUT2D eigenvalue weighted by Gasteiger charge is -2.12. The molecular weight excluding hydrogens is 346 g/mol. The van der Waals surface area contributed by atoms with Gasteiger partial charge in [0.05, 0.1) is 18.8 Å². The van der Waals surface area contributed by atoms with E-state index in [1.54, 1.807) is 13.8 Å². The van der Waals surface area contributed by atoms with Crippen molar-refractivity contribution in [2.24, 2.45) is 0 Å². The van der Waals surface area contributed by atoms with Crippen LogP contribution in [0.1, 0.15) is 48.5 Å². The Morgan fingerprint density at radius 2 is 1.38 bits per heavy atom. The minimum atomic E-state index is -1.08. The molecule has 26 heavy (non-hydrogen) atoms. The van der Waals surface area contributed by atoms with Crippen LogP contribution in [-0.2, 0) is 28.5 Å². The van der Waals surface area contributed by atoms with E-state index in [-0.39, 0.29) is 24.5 Å².